The third kappa shape index (κ3) is 8.98. The van der Waals surface area contributed by atoms with E-state index in [0.717, 1.165) is 13.1 Å². The lowest BCUT2D eigenvalue weighted by molar-refractivity contribution is -0.160. The fourth-order valence-electron chi connectivity index (χ4n) is 8.23. The van der Waals surface area contributed by atoms with E-state index in [1.54, 1.807) is 57.0 Å². The Morgan fingerprint density at radius 2 is 1.61 bits per heavy atom. The highest BCUT2D eigenvalue weighted by Crippen LogP contribution is 2.55. The van der Waals surface area contributed by atoms with Gasteiger partial charge in [0.05, 0.1) is 46.7 Å². The van der Waals surface area contributed by atoms with Crippen molar-refractivity contribution in [3.63, 3.8) is 0 Å². The summed E-state index contributed by atoms with van der Waals surface area (Å²) in [5.41, 5.74) is -1.60. The molecule has 2 aromatic rings. The van der Waals surface area contributed by atoms with Crippen LogP contribution in [0.25, 0.3) is 10.8 Å². The average molecular weight is 821 g/mol. The highest BCUT2D eigenvalue weighted by atomic mass is 16.5. The molecule has 6 rings (SSSR count). The quantitative estimate of drug-likeness (QED) is 0.0807. The average Bonchev–Trinajstić information content (AvgIpc) is 3.46. The zero-order valence-electron chi connectivity index (χ0n) is 35.6. The number of anilines is 1. The Morgan fingerprint density at radius 1 is 0.949 bits per heavy atom. The van der Waals surface area contributed by atoms with Gasteiger partial charge in [-0.25, -0.2) is 0 Å². The van der Waals surface area contributed by atoms with E-state index in [1.807, 2.05) is 14.0 Å². The molecule has 4 aliphatic rings. The fourth-order valence-corrected chi connectivity index (χ4v) is 8.23. The number of methoxy groups -OCH3 is 1. The zero-order valence-corrected chi connectivity index (χ0v) is 35.6. The molecule has 6 N–H and O–H groups in total. The molecule has 15 nitrogen and oxygen atoms in total. The summed E-state index contributed by atoms with van der Waals surface area (Å²) >= 11 is 0. The molecule has 9 atom stereocenters. The van der Waals surface area contributed by atoms with Crippen LogP contribution in [0.4, 0.5) is 5.69 Å². The highest BCUT2D eigenvalue weighted by Gasteiger charge is 2.47. The van der Waals surface area contributed by atoms with Crippen LogP contribution in [0.5, 0.6) is 23.0 Å². The number of likely N-dealkylation sites (N-methyl/N-ethyl adjacent to an activating group) is 1. The van der Waals surface area contributed by atoms with E-state index in [2.05, 4.69) is 15.3 Å². The van der Waals surface area contributed by atoms with Gasteiger partial charge in [0.25, 0.3) is 5.91 Å². The number of carbonyl (C=O) groups excluding carboxylic acids is 3. The molecule has 322 valence electrons. The number of nitrogens with zero attached hydrogens (tertiary/aromatic N) is 3. The van der Waals surface area contributed by atoms with Crippen LogP contribution in [0.15, 0.2) is 41.1 Å². The van der Waals surface area contributed by atoms with E-state index >= 15 is 0 Å². The molecule has 15 heteroatoms. The van der Waals surface area contributed by atoms with Gasteiger partial charge in [-0.15, -0.1) is 0 Å². The van der Waals surface area contributed by atoms with Crippen LogP contribution in [0, 0.1) is 30.6 Å². The van der Waals surface area contributed by atoms with E-state index in [4.69, 9.17) is 14.2 Å². The maximum Gasteiger partial charge on any atom is 0.302 e. The Bertz CT molecular complexity index is 2070. The summed E-state index contributed by atoms with van der Waals surface area (Å²) in [6.07, 6.45) is 5.89. The van der Waals surface area contributed by atoms with Crippen LogP contribution in [0.1, 0.15) is 76.4 Å². The summed E-state index contributed by atoms with van der Waals surface area (Å²) in [7, 11) is 3.49. The van der Waals surface area contributed by atoms with E-state index in [0.29, 0.717) is 13.1 Å². The van der Waals surface area contributed by atoms with Crippen molar-refractivity contribution in [2.45, 2.75) is 91.8 Å². The molecule has 2 aromatic carbocycles. The zero-order chi connectivity index (χ0) is 43.7. The van der Waals surface area contributed by atoms with E-state index < -0.39 is 88.6 Å². The number of amides is 1. The van der Waals surface area contributed by atoms with Crippen molar-refractivity contribution in [3.05, 3.63) is 52.6 Å². The predicted molar refractivity (Wildman–Crippen MR) is 224 cm³/mol. The number of hydrogen-bond acceptors (Lipinski definition) is 14. The normalized spacial score (nSPS) is 30.2. The van der Waals surface area contributed by atoms with Gasteiger partial charge >= 0.3 is 5.97 Å². The number of carbonyl (C=O) groups is 3. The van der Waals surface area contributed by atoms with E-state index in [1.165, 1.54) is 40.2 Å². The largest absolute Gasteiger partial charge is 0.507 e. The number of nitrogens with one attached hydrogen (secondary N) is 1. The molecule has 4 heterocycles. The summed E-state index contributed by atoms with van der Waals surface area (Å²) in [6.45, 7) is 15.6. The number of fused-ring (bicyclic) bond motifs is 14. The number of esters is 1. The minimum absolute atomic E-state index is 0.00402. The number of allylic oxidation sites excluding steroid dienone is 2. The molecule has 0 aliphatic carbocycles. The number of phenols is 3. The fraction of sp³-hybridized carbons (Fsp3) is 0.545. The lowest BCUT2D eigenvalue weighted by Gasteiger charge is -2.38. The van der Waals surface area contributed by atoms with Crippen molar-refractivity contribution < 1.29 is 54.1 Å². The maximum atomic E-state index is 14.6. The third-order valence-corrected chi connectivity index (χ3v) is 12.2. The molecule has 0 unspecified atom stereocenters. The number of rotatable bonds is 4. The van der Waals surface area contributed by atoms with Crippen LogP contribution in [0.2, 0.25) is 0 Å². The lowest BCUT2D eigenvalue weighted by Crippen LogP contribution is -2.46. The molecule has 59 heavy (non-hydrogen) atoms. The molecule has 1 amide bonds. The summed E-state index contributed by atoms with van der Waals surface area (Å²) in [5, 5.41) is 67.2. The number of aliphatic hydroxyl groups is 2. The Balaban J connectivity index is 1.70. The second kappa shape index (κ2) is 18.1. The van der Waals surface area contributed by atoms with Gasteiger partial charge in [-0.2, -0.15) is 5.10 Å². The second-order valence-corrected chi connectivity index (χ2v) is 16.6. The molecule has 0 radical (unpaired) electrons. The number of ether oxygens (including phenoxy) is 3. The van der Waals surface area contributed by atoms with Gasteiger partial charge in [0.1, 0.15) is 23.4 Å². The molecule has 0 saturated carbocycles. The molecule has 1 fully saturated rings. The van der Waals surface area contributed by atoms with E-state index in [9.17, 15) is 39.9 Å². The van der Waals surface area contributed by atoms with E-state index in [-0.39, 0.29) is 50.9 Å². The first-order valence-electron chi connectivity index (χ1n) is 20.1. The number of hydrogen-bond donors (Lipinski definition) is 6. The van der Waals surface area contributed by atoms with Crippen molar-refractivity contribution >= 4 is 40.3 Å². The van der Waals surface area contributed by atoms with Gasteiger partial charge in [0, 0.05) is 86.8 Å². The number of benzene rings is 2. The number of ketones is 1. The molecule has 1 saturated heterocycles. The van der Waals surface area contributed by atoms with Crippen LogP contribution in [-0.4, -0.2) is 130 Å². The van der Waals surface area contributed by atoms with Crippen LogP contribution in [0.3, 0.4) is 0 Å². The first-order chi connectivity index (χ1) is 27.7. The van der Waals surface area contributed by atoms with Gasteiger partial charge < -0.3 is 50.0 Å². The highest BCUT2D eigenvalue weighted by molar-refractivity contribution is 6.24. The topological polar surface area (TPSA) is 211 Å². The van der Waals surface area contributed by atoms with Gasteiger partial charge in [-0.3, -0.25) is 19.4 Å². The number of aromatic hydroxyl groups is 3. The third-order valence-electron chi connectivity index (χ3n) is 12.2. The molecule has 0 spiro atoms. The van der Waals surface area contributed by atoms with Gasteiger partial charge in [0.15, 0.2) is 11.4 Å². The molecule has 5 bridgehead atoms. The maximum absolute atomic E-state index is 14.6. The van der Waals surface area contributed by atoms with Crippen molar-refractivity contribution in [3.8, 4) is 23.0 Å². The second-order valence-electron chi connectivity index (χ2n) is 16.6. The summed E-state index contributed by atoms with van der Waals surface area (Å²) in [6, 6.07) is 0. The first kappa shape index (κ1) is 45.1. The minimum atomic E-state index is -1.54. The van der Waals surface area contributed by atoms with Crippen LogP contribution >= 0.6 is 0 Å². The summed E-state index contributed by atoms with van der Waals surface area (Å²) < 4.78 is 18.0. The standard InChI is InChI=1S/C44H60N4O11/c1-22-13-11-14-23(2)43(56)46-34-29(21-45-48-19-17-47(9)18-20-48)38(53)31-32(39(34)54)37(52)27(6)41-33(31)42(55)44(8,59-41)16-12-15-30(57-10)24(3)40(58-28(7)49)26(5)36(51)25(4)35(22)50/h11-15,21-22,24-26,30,35-36,40,50-54H,16-20H2,1-10H3,(H,46,56)/t22-,24+,25+,26+,30-,35-,36+,40+,44+/m0/s1. The van der Waals surface area contributed by atoms with Gasteiger partial charge in [-0.1, -0.05) is 58.1 Å². The van der Waals surface area contributed by atoms with Gasteiger partial charge in [0.2, 0.25) is 5.78 Å². The summed E-state index contributed by atoms with van der Waals surface area (Å²) in [4.78, 5) is 42.8. The Hall–Kier alpha value is -4.96. The van der Waals surface area contributed by atoms with Crippen molar-refractivity contribution in [1.82, 2.24) is 9.91 Å². The summed E-state index contributed by atoms with van der Waals surface area (Å²) in [5.74, 6) is -5.59. The number of hydrazone groups is 1. The first-order valence-corrected chi connectivity index (χ1v) is 20.1. The van der Waals surface area contributed by atoms with Crippen molar-refractivity contribution in [2.24, 2.45) is 28.8 Å². The lowest BCUT2D eigenvalue weighted by atomic mass is 9.78. The van der Waals surface area contributed by atoms with Gasteiger partial charge in [-0.05, 0) is 27.8 Å². The Labute approximate surface area is 345 Å². The monoisotopic (exact) mass is 820 g/mol. The van der Waals surface area contributed by atoms with Crippen LogP contribution < -0.4 is 10.1 Å². The van der Waals surface area contributed by atoms with Crippen molar-refractivity contribution in [1.29, 1.82) is 0 Å². The Morgan fingerprint density at radius 3 is 2.24 bits per heavy atom. The number of phenolic OH excluding ortho intramolecular Hbond substituents is 3. The molecule has 0 aromatic heterocycles. The number of Topliss-reactive ketones (excluding diaryl/α,β-unsaturated/α-hetero) is 1. The smallest absolute Gasteiger partial charge is 0.302 e. The molecular weight excluding hydrogens is 761 g/mol. The number of piperazine rings is 1. The minimum Gasteiger partial charge on any atom is -0.507 e. The Kier molecular flexibility index (Phi) is 13.9. The molecular formula is C44H60N4O11. The predicted octanol–water partition coefficient (Wildman–Crippen LogP) is 4.79. The number of aliphatic hydroxyl groups excluding tert-OH is 2. The molecule has 4 aliphatic heterocycles. The van der Waals surface area contributed by atoms with Crippen molar-refractivity contribution in [2.75, 3.05) is 45.7 Å². The van der Waals surface area contributed by atoms with Crippen LogP contribution in [-0.2, 0) is 19.1 Å². The SMILES string of the molecule is CO[C@H]1C=CC[C@@]2(C)Oc3c(C)c(O)c4c(O)c(c(C=NN5CCN(C)CC5)c(O)c4c3C2=O)NC(=O)C(C)=CC=C[C@H](C)[C@H](O)[C@@H](C)[C@@H](O)[C@@H](C)[C@H](OC(C)=O)[C@@H]1C.